The van der Waals surface area contributed by atoms with Crippen LogP contribution in [0.4, 0.5) is 4.79 Å². The minimum Gasteiger partial charge on any atom is -0.348 e. The second-order valence-electron chi connectivity index (χ2n) is 8.92. The van der Waals surface area contributed by atoms with Crippen LogP contribution in [0.5, 0.6) is 0 Å². The number of hydrogen-bond donors (Lipinski definition) is 2. The molecule has 1 aliphatic heterocycles. The summed E-state index contributed by atoms with van der Waals surface area (Å²) < 4.78 is 0. The average molecular weight is 400 g/mol. The Kier molecular flexibility index (Phi) is 6.60. The fourth-order valence-corrected chi connectivity index (χ4v) is 4.56. The first-order valence-electron chi connectivity index (χ1n) is 10.8. The van der Waals surface area contributed by atoms with Gasteiger partial charge in [-0.3, -0.25) is 14.5 Å². The van der Waals surface area contributed by atoms with Gasteiger partial charge in [-0.2, -0.15) is 0 Å². The predicted molar refractivity (Wildman–Crippen MR) is 112 cm³/mol. The highest BCUT2D eigenvalue weighted by Crippen LogP contribution is 2.37. The van der Waals surface area contributed by atoms with Crippen LogP contribution in [0.25, 0.3) is 0 Å². The zero-order valence-corrected chi connectivity index (χ0v) is 17.7. The molecule has 6 nitrogen and oxygen atoms in total. The Bertz CT molecular complexity index is 739. The number of carbonyl (C=O) groups excluding carboxylic acids is 3. The number of nitrogens with one attached hydrogen (secondary N) is 2. The lowest BCUT2D eigenvalue weighted by Crippen LogP contribution is -2.50. The van der Waals surface area contributed by atoms with E-state index in [0.29, 0.717) is 24.7 Å². The highest BCUT2D eigenvalue weighted by Gasteiger charge is 2.52. The first-order valence-corrected chi connectivity index (χ1v) is 10.8. The Morgan fingerprint density at radius 2 is 1.86 bits per heavy atom. The van der Waals surface area contributed by atoms with Crippen molar-refractivity contribution in [3.05, 3.63) is 35.9 Å². The molecule has 0 bridgehead atoms. The molecule has 3 rings (SSSR count). The fraction of sp³-hybridized carbons (Fsp3) is 0.609. The lowest BCUT2D eigenvalue weighted by molar-refractivity contribution is -0.136. The SMILES string of the molecule is CCC1CCC2(CC1)NC(=O)N(CC(=O)N[C@@H](CC(C)C)c1ccccc1)C2=O. The van der Waals surface area contributed by atoms with Crippen molar-refractivity contribution in [2.75, 3.05) is 6.54 Å². The van der Waals surface area contributed by atoms with Crippen LogP contribution in [0.1, 0.15) is 70.9 Å². The molecule has 0 radical (unpaired) electrons. The summed E-state index contributed by atoms with van der Waals surface area (Å²) in [7, 11) is 0. The number of hydrogen-bond acceptors (Lipinski definition) is 3. The molecule has 6 heteroatoms. The molecule has 2 fully saturated rings. The van der Waals surface area contributed by atoms with E-state index in [1.165, 1.54) is 0 Å². The number of urea groups is 1. The molecule has 0 aromatic heterocycles. The van der Waals surface area contributed by atoms with Crippen molar-refractivity contribution in [1.29, 1.82) is 0 Å². The van der Waals surface area contributed by atoms with Crippen LogP contribution < -0.4 is 10.6 Å². The van der Waals surface area contributed by atoms with Crippen LogP contribution in [0.3, 0.4) is 0 Å². The van der Waals surface area contributed by atoms with E-state index < -0.39 is 11.6 Å². The van der Waals surface area contributed by atoms with Crippen molar-refractivity contribution in [1.82, 2.24) is 15.5 Å². The zero-order valence-electron chi connectivity index (χ0n) is 17.7. The van der Waals surface area contributed by atoms with Crippen LogP contribution in [0.2, 0.25) is 0 Å². The molecule has 1 aromatic rings. The molecule has 2 N–H and O–H groups in total. The smallest absolute Gasteiger partial charge is 0.325 e. The number of amides is 4. The maximum absolute atomic E-state index is 13.0. The second kappa shape index (κ2) is 8.97. The summed E-state index contributed by atoms with van der Waals surface area (Å²) in [5.41, 5.74) is 0.223. The molecular formula is C23H33N3O3. The third-order valence-electron chi connectivity index (χ3n) is 6.33. The van der Waals surface area contributed by atoms with Crippen LogP contribution in [0.15, 0.2) is 30.3 Å². The van der Waals surface area contributed by atoms with Crippen molar-refractivity contribution in [2.45, 2.75) is 70.9 Å². The lowest BCUT2D eigenvalue weighted by Gasteiger charge is -2.34. The van der Waals surface area contributed by atoms with E-state index in [9.17, 15) is 14.4 Å². The van der Waals surface area contributed by atoms with E-state index in [4.69, 9.17) is 0 Å². The number of nitrogens with zero attached hydrogens (tertiary/aromatic N) is 1. The molecule has 158 valence electrons. The van der Waals surface area contributed by atoms with Gasteiger partial charge in [-0.05, 0) is 49.5 Å². The van der Waals surface area contributed by atoms with Crippen LogP contribution in [0, 0.1) is 11.8 Å². The minimum absolute atomic E-state index is 0.140. The molecule has 29 heavy (non-hydrogen) atoms. The van der Waals surface area contributed by atoms with Gasteiger partial charge in [0.1, 0.15) is 12.1 Å². The van der Waals surface area contributed by atoms with Crippen molar-refractivity contribution in [2.24, 2.45) is 11.8 Å². The molecule has 1 aliphatic carbocycles. The monoisotopic (exact) mass is 399 g/mol. The summed E-state index contributed by atoms with van der Waals surface area (Å²) in [6.07, 6.45) is 5.09. The van der Waals surface area contributed by atoms with E-state index in [1.54, 1.807) is 0 Å². The Hall–Kier alpha value is -2.37. The Morgan fingerprint density at radius 1 is 1.21 bits per heavy atom. The van der Waals surface area contributed by atoms with Gasteiger partial charge >= 0.3 is 6.03 Å². The summed E-state index contributed by atoms with van der Waals surface area (Å²) in [6, 6.07) is 9.23. The molecule has 1 heterocycles. The van der Waals surface area contributed by atoms with Gasteiger partial charge in [0.25, 0.3) is 5.91 Å². The van der Waals surface area contributed by atoms with Crippen molar-refractivity contribution in [3.63, 3.8) is 0 Å². The van der Waals surface area contributed by atoms with Gasteiger partial charge in [-0.1, -0.05) is 57.5 Å². The topological polar surface area (TPSA) is 78.5 Å². The van der Waals surface area contributed by atoms with Crippen molar-refractivity contribution in [3.8, 4) is 0 Å². The Morgan fingerprint density at radius 3 is 2.45 bits per heavy atom. The second-order valence-corrected chi connectivity index (χ2v) is 8.92. The highest BCUT2D eigenvalue weighted by atomic mass is 16.2. The molecule has 1 aromatic carbocycles. The average Bonchev–Trinajstić information content (AvgIpc) is 2.92. The molecular weight excluding hydrogens is 366 g/mol. The van der Waals surface area contributed by atoms with Crippen LogP contribution in [-0.2, 0) is 9.59 Å². The van der Waals surface area contributed by atoms with Crippen molar-refractivity contribution >= 4 is 17.8 Å². The zero-order chi connectivity index (χ0) is 21.0. The van der Waals surface area contributed by atoms with Gasteiger partial charge in [-0.15, -0.1) is 0 Å². The van der Waals surface area contributed by atoms with Gasteiger partial charge in [0.15, 0.2) is 0 Å². The molecule has 2 aliphatic rings. The number of rotatable bonds is 7. The standard InChI is InChI=1S/C23H33N3O3/c1-4-17-10-12-23(13-11-17)21(28)26(22(29)25-23)15-20(27)24-19(14-16(2)3)18-8-6-5-7-9-18/h5-9,16-17,19H,4,10-15H2,1-3H3,(H,24,27)(H,25,29)/t17?,19-,23?/m0/s1. The quantitative estimate of drug-likeness (QED) is 0.685. The summed E-state index contributed by atoms with van der Waals surface area (Å²) in [4.78, 5) is 39.3. The molecule has 1 spiro atoms. The van der Waals surface area contributed by atoms with E-state index >= 15 is 0 Å². The van der Waals surface area contributed by atoms with Crippen LogP contribution in [-0.4, -0.2) is 34.8 Å². The summed E-state index contributed by atoms with van der Waals surface area (Å²) in [6.45, 7) is 6.14. The van der Waals surface area contributed by atoms with Gasteiger partial charge < -0.3 is 10.6 Å². The van der Waals surface area contributed by atoms with E-state index in [2.05, 4.69) is 31.4 Å². The molecule has 1 saturated carbocycles. The first-order chi connectivity index (χ1) is 13.8. The van der Waals surface area contributed by atoms with Gasteiger partial charge in [0.2, 0.25) is 5.91 Å². The van der Waals surface area contributed by atoms with Crippen molar-refractivity contribution < 1.29 is 14.4 Å². The molecule has 0 unspecified atom stereocenters. The normalized spacial score (nSPS) is 25.4. The first kappa shape index (κ1) is 21.3. The van der Waals surface area contributed by atoms with Gasteiger partial charge in [-0.25, -0.2) is 4.79 Å². The molecule has 4 amide bonds. The lowest BCUT2D eigenvalue weighted by atomic mass is 9.75. The van der Waals surface area contributed by atoms with E-state index in [-0.39, 0.29) is 24.4 Å². The fourth-order valence-electron chi connectivity index (χ4n) is 4.56. The molecule has 1 atom stereocenters. The third kappa shape index (κ3) is 4.80. The highest BCUT2D eigenvalue weighted by molar-refractivity contribution is 6.09. The minimum atomic E-state index is -0.806. The number of benzene rings is 1. The largest absolute Gasteiger partial charge is 0.348 e. The molecule has 1 saturated heterocycles. The third-order valence-corrected chi connectivity index (χ3v) is 6.33. The summed E-state index contributed by atoms with van der Waals surface area (Å²) >= 11 is 0. The maximum atomic E-state index is 13.0. The van der Waals surface area contributed by atoms with E-state index in [1.807, 2.05) is 30.3 Å². The Balaban J connectivity index is 1.65. The van der Waals surface area contributed by atoms with Gasteiger partial charge in [0, 0.05) is 0 Å². The summed E-state index contributed by atoms with van der Waals surface area (Å²) in [5.74, 6) is 0.467. The van der Waals surface area contributed by atoms with Crippen LogP contribution >= 0.6 is 0 Å². The van der Waals surface area contributed by atoms with E-state index in [0.717, 1.165) is 36.1 Å². The number of carbonyl (C=O) groups is 3. The number of imide groups is 1. The maximum Gasteiger partial charge on any atom is 0.325 e. The predicted octanol–water partition coefficient (Wildman–Crippen LogP) is 3.78. The Labute approximate surface area is 173 Å². The van der Waals surface area contributed by atoms with Gasteiger partial charge in [0.05, 0.1) is 6.04 Å². The summed E-state index contributed by atoms with van der Waals surface area (Å²) in [5, 5.41) is 5.92.